The van der Waals surface area contributed by atoms with Gasteiger partial charge in [0.1, 0.15) is 11.6 Å². The van der Waals surface area contributed by atoms with Crippen LogP contribution in [0.3, 0.4) is 0 Å². The number of anilines is 1. The van der Waals surface area contributed by atoms with Crippen LogP contribution >= 0.6 is 0 Å². The van der Waals surface area contributed by atoms with Gasteiger partial charge in [0.15, 0.2) is 0 Å². The molecule has 1 aromatic heterocycles. The molecule has 1 aromatic carbocycles. The summed E-state index contributed by atoms with van der Waals surface area (Å²) in [6, 6.07) is 8.28. The third-order valence-corrected chi connectivity index (χ3v) is 2.31. The lowest BCUT2D eigenvalue weighted by Gasteiger charge is -2.05. The molecule has 2 aromatic rings. The summed E-state index contributed by atoms with van der Waals surface area (Å²) in [6.45, 7) is -0.0936. The fourth-order valence-electron chi connectivity index (χ4n) is 1.58. The second kappa shape index (κ2) is 5.48. The lowest BCUT2D eigenvalue weighted by molar-refractivity contribution is -0.0498. The lowest BCUT2D eigenvalue weighted by Crippen LogP contribution is -2.01. The number of aromatic amines is 1. The van der Waals surface area contributed by atoms with E-state index in [1.54, 1.807) is 12.1 Å². The molecule has 0 saturated carbocycles. The summed E-state index contributed by atoms with van der Waals surface area (Å²) in [5, 5.41) is 9.93. The number of ether oxygens (including phenoxy) is 1. The van der Waals surface area contributed by atoms with Crippen LogP contribution in [0.1, 0.15) is 6.92 Å². The average Bonchev–Trinajstić information content (AvgIpc) is 2.78. The van der Waals surface area contributed by atoms with Crippen LogP contribution in [0.15, 0.2) is 30.3 Å². The van der Waals surface area contributed by atoms with Crippen LogP contribution in [-0.2, 0) is 0 Å². The van der Waals surface area contributed by atoms with Gasteiger partial charge >= 0.3 is 6.61 Å². The van der Waals surface area contributed by atoms with E-state index in [1.165, 1.54) is 12.1 Å². The van der Waals surface area contributed by atoms with Crippen LogP contribution in [0, 0.1) is 0 Å². The van der Waals surface area contributed by atoms with E-state index < -0.39 is 6.61 Å². The molecule has 1 heterocycles. The largest absolute Gasteiger partial charge is 0.435 e. The summed E-state index contributed by atoms with van der Waals surface area (Å²) < 4.78 is 28.6. The Balaban J connectivity index is 2.21. The van der Waals surface area contributed by atoms with Gasteiger partial charge < -0.3 is 10.1 Å². The fraction of sp³-hybridized carbons (Fsp3) is 0.250. The second-order valence-corrected chi connectivity index (χ2v) is 3.60. The molecule has 0 amide bonds. The van der Waals surface area contributed by atoms with E-state index in [1.807, 2.05) is 13.0 Å². The zero-order valence-corrected chi connectivity index (χ0v) is 9.78. The van der Waals surface area contributed by atoms with Crippen molar-refractivity contribution in [3.8, 4) is 17.0 Å². The van der Waals surface area contributed by atoms with Crippen LogP contribution in [0.25, 0.3) is 11.3 Å². The number of nitrogens with zero attached hydrogens (tertiary/aromatic N) is 1. The molecule has 0 aliphatic heterocycles. The Morgan fingerprint density at radius 3 is 2.94 bits per heavy atom. The molecule has 0 saturated heterocycles. The highest BCUT2D eigenvalue weighted by Gasteiger charge is 2.07. The molecule has 0 radical (unpaired) electrons. The molecule has 0 bridgehead atoms. The Labute approximate surface area is 103 Å². The Morgan fingerprint density at radius 2 is 2.22 bits per heavy atom. The van der Waals surface area contributed by atoms with Crippen LogP contribution < -0.4 is 10.1 Å². The van der Waals surface area contributed by atoms with Crippen molar-refractivity contribution in [1.82, 2.24) is 10.2 Å². The Kier molecular flexibility index (Phi) is 3.76. The summed E-state index contributed by atoms with van der Waals surface area (Å²) in [5.74, 6) is 0.842. The van der Waals surface area contributed by atoms with E-state index in [2.05, 4.69) is 20.3 Å². The number of hydrogen-bond acceptors (Lipinski definition) is 3. The van der Waals surface area contributed by atoms with E-state index >= 15 is 0 Å². The second-order valence-electron chi connectivity index (χ2n) is 3.60. The highest BCUT2D eigenvalue weighted by Crippen LogP contribution is 2.24. The number of aromatic nitrogens is 2. The predicted molar refractivity (Wildman–Crippen MR) is 64.8 cm³/mol. The quantitative estimate of drug-likeness (QED) is 0.860. The summed E-state index contributed by atoms with van der Waals surface area (Å²) in [4.78, 5) is 0. The van der Waals surface area contributed by atoms with Gasteiger partial charge in [-0.3, -0.25) is 5.10 Å². The Morgan fingerprint density at radius 1 is 1.39 bits per heavy atom. The van der Waals surface area contributed by atoms with Crippen molar-refractivity contribution in [2.24, 2.45) is 0 Å². The maximum Gasteiger partial charge on any atom is 0.387 e. The van der Waals surface area contributed by atoms with Crippen molar-refractivity contribution in [2.75, 3.05) is 11.9 Å². The van der Waals surface area contributed by atoms with Gasteiger partial charge in [0.25, 0.3) is 0 Å². The topological polar surface area (TPSA) is 49.9 Å². The molecule has 0 aliphatic carbocycles. The van der Waals surface area contributed by atoms with E-state index in [9.17, 15) is 8.78 Å². The SMILES string of the molecule is CCNc1cc(-c2cccc(OC(F)F)c2)[nH]n1. The number of halogens is 2. The minimum absolute atomic E-state index is 0.127. The minimum atomic E-state index is -2.82. The fourth-order valence-corrected chi connectivity index (χ4v) is 1.58. The van der Waals surface area contributed by atoms with Gasteiger partial charge in [-0.05, 0) is 19.1 Å². The first kappa shape index (κ1) is 12.3. The zero-order valence-electron chi connectivity index (χ0n) is 9.78. The van der Waals surface area contributed by atoms with E-state index in [4.69, 9.17) is 0 Å². The maximum absolute atomic E-state index is 12.1. The third-order valence-electron chi connectivity index (χ3n) is 2.31. The Hall–Kier alpha value is -2.11. The first-order valence-electron chi connectivity index (χ1n) is 5.53. The lowest BCUT2D eigenvalue weighted by atomic mass is 10.1. The molecule has 0 atom stereocenters. The smallest absolute Gasteiger partial charge is 0.387 e. The van der Waals surface area contributed by atoms with Crippen molar-refractivity contribution >= 4 is 5.82 Å². The zero-order chi connectivity index (χ0) is 13.0. The summed E-state index contributed by atoms with van der Waals surface area (Å²) in [6.07, 6.45) is 0. The van der Waals surface area contributed by atoms with E-state index in [0.29, 0.717) is 5.82 Å². The van der Waals surface area contributed by atoms with Crippen LogP contribution in [0.4, 0.5) is 14.6 Å². The van der Waals surface area contributed by atoms with Gasteiger partial charge in [-0.2, -0.15) is 13.9 Å². The van der Waals surface area contributed by atoms with E-state index in [0.717, 1.165) is 17.8 Å². The van der Waals surface area contributed by atoms with Gasteiger partial charge in [-0.15, -0.1) is 0 Å². The first-order chi connectivity index (χ1) is 8.69. The molecule has 6 heteroatoms. The van der Waals surface area contributed by atoms with Crippen LogP contribution in [0.5, 0.6) is 5.75 Å². The normalized spacial score (nSPS) is 10.7. The summed E-state index contributed by atoms with van der Waals surface area (Å²) >= 11 is 0. The molecule has 0 fully saturated rings. The van der Waals surface area contributed by atoms with Crippen molar-refractivity contribution < 1.29 is 13.5 Å². The van der Waals surface area contributed by atoms with Crippen molar-refractivity contribution in [2.45, 2.75) is 13.5 Å². The maximum atomic E-state index is 12.1. The minimum Gasteiger partial charge on any atom is -0.435 e. The molecule has 0 spiro atoms. The molecule has 96 valence electrons. The van der Waals surface area contributed by atoms with Gasteiger partial charge in [-0.1, -0.05) is 12.1 Å². The van der Waals surface area contributed by atoms with E-state index in [-0.39, 0.29) is 5.75 Å². The molecule has 2 rings (SSSR count). The number of rotatable bonds is 5. The molecule has 4 nitrogen and oxygen atoms in total. The molecule has 2 N–H and O–H groups in total. The number of nitrogens with one attached hydrogen (secondary N) is 2. The van der Waals surface area contributed by atoms with Gasteiger partial charge in [-0.25, -0.2) is 0 Å². The highest BCUT2D eigenvalue weighted by atomic mass is 19.3. The highest BCUT2D eigenvalue weighted by molar-refractivity contribution is 5.64. The first-order valence-corrected chi connectivity index (χ1v) is 5.53. The van der Waals surface area contributed by atoms with Crippen molar-refractivity contribution in [3.05, 3.63) is 30.3 Å². The van der Waals surface area contributed by atoms with Crippen molar-refractivity contribution in [1.29, 1.82) is 0 Å². The number of alkyl halides is 2. The third kappa shape index (κ3) is 2.97. The monoisotopic (exact) mass is 253 g/mol. The molecule has 18 heavy (non-hydrogen) atoms. The average molecular weight is 253 g/mol. The standard InChI is InChI=1S/C12H13F2N3O/c1-2-15-11-7-10(16-17-11)8-4-3-5-9(6-8)18-12(13)14/h3-7,12H,2H2,1H3,(H2,15,16,17). The number of H-pyrrole nitrogens is 1. The Bertz CT molecular complexity index is 514. The number of hydrogen-bond donors (Lipinski definition) is 2. The van der Waals surface area contributed by atoms with Crippen molar-refractivity contribution in [3.63, 3.8) is 0 Å². The van der Waals surface area contributed by atoms with Gasteiger partial charge in [0.05, 0.1) is 5.69 Å². The summed E-state index contributed by atoms with van der Waals surface area (Å²) in [5.41, 5.74) is 1.48. The van der Waals surface area contributed by atoms with Crippen LogP contribution in [0.2, 0.25) is 0 Å². The molecule has 0 aliphatic rings. The van der Waals surface area contributed by atoms with Gasteiger partial charge in [0, 0.05) is 18.2 Å². The van der Waals surface area contributed by atoms with Gasteiger partial charge in [0.2, 0.25) is 0 Å². The van der Waals surface area contributed by atoms with Crippen LogP contribution in [-0.4, -0.2) is 23.4 Å². The molecule has 0 unspecified atom stereocenters. The predicted octanol–water partition coefficient (Wildman–Crippen LogP) is 3.11. The number of benzene rings is 1. The summed E-state index contributed by atoms with van der Waals surface area (Å²) in [7, 11) is 0. The molecular weight excluding hydrogens is 240 g/mol. The molecular formula is C12H13F2N3O.